The van der Waals surface area contributed by atoms with Crippen LogP contribution in [0.2, 0.25) is 0 Å². The molecule has 0 spiro atoms. The molecule has 0 saturated heterocycles. The third-order valence-corrected chi connectivity index (χ3v) is 3.62. The first-order valence-corrected chi connectivity index (χ1v) is 7.52. The van der Waals surface area contributed by atoms with Crippen LogP contribution in [0.25, 0.3) is 0 Å². The smallest absolute Gasteiger partial charge is 0.224 e. The third kappa shape index (κ3) is 3.94. The standard InChI is InChI=1S/C18H19NO4/c1-21-14-8-6-13(7-9-14)10-18(20)19-11-15-12-22-16-4-2-3-5-17(16)23-15/h2-9,15H,10-12H2,1H3,(H,19,20)/t15-/m0/s1. The molecule has 0 aromatic heterocycles. The summed E-state index contributed by atoms with van der Waals surface area (Å²) in [6, 6.07) is 15.0. The molecule has 0 radical (unpaired) electrons. The first kappa shape index (κ1) is 15.2. The van der Waals surface area contributed by atoms with Crippen molar-refractivity contribution in [1.82, 2.24) is 5.32 Å². The molecule has 1 N–H and O–H groups in total. The van der Waals surface area contributed by atoms with Gasteiger partial charge in [0, 0.05) is 0 Å². The zero-order chi connectivity index (χ0) is 16.1. The summed E-state index contributed by atoms with van der Waals surface area (Å²) in [4.78, 5) is 12.0. The second-order valence-electron chi connectivity index (χ2n) is 5.33. The third-order valence-electron chi connectivity index (χ3n) is 3.62. The SMILES string of the molecule is COc1ccc(CC(=O)NC[C@H]2COc3ccccc3O2)cc1. The van der Waals surface area contributed by atoms with Gasteiger partial charge in [0.25, 0.3) is 0 Å². The van der Waals surface area contributed by atoms with Crippen LogP contribution < -0.4 is 19.5 Å². The van der Waals surface area contributed by atoms with Crippen LogP contribution in [-0.4, -0.2) is 32.3 Å². The summed E-state index contributed by atoms with van der Waals surface area (Å²) in [6.45, 7) is 0.850. The minimum atomic E-state index is -0.176. The number of benzene rings is 2. The average Bonchev–Trinajstić information content (AvgIpc) is 2.60. The van der Waals surface area contributed by atoms with Gasteiger partial charge in [-0.2, -0.15) is 0 Å². The number of hydrogen-bond acceptors (Lipinski definition) is 4. The minimum Gasteiger partial charge on any atom is -0.497 e. The van der Waals surface area contributed by atoms with E-state index in [4.69, 9.17) is 14.2 Å². The van der Waals surface area contributed by atoms with Crippen LogP contribution in [0, 0.1) is 0 Å². The molecular formula is C18H19NO4. The molecule has 120 valence electrons. The normalized spacial score (nSPS) is 15.8. The van der Waals surface area contributed by atoms with Crippen LogP contribution in [0.15, 0.2) is 48.5 Å². The van der Waals surface area contributed by atoms with Crippen molar-refractivity contribution in [3.8, 4) is 17.2 Å². The summed E-state index contributed by atoms with van der Waals surface area (Å²) >= 11 is 0. The van der Waals surface area contributed by atoms with Crippen molar-refractivity contribution in [2.24, 2.45) is 0 Å². The fraction of sp³-hybridized carbons (Fsp3) is 0.278. The van der Waals surface area contributed by atoms with Gasteiger partial charge in [0.1, 0.15) is 18.5 Å². The van der Waals surface area contributed by atoms with E-state index in [0.29, 0.717) is 25.3 Å². The van der Waals surface area contributed by atoms with Crippen LogP contribution in [0.4, 0.5) is 0 Å². The summed E-state index contributed by atoms with van der Waals surface area (Å²) in [5.74, 6) is 2.19. The summed E-state index contributed by atoms with van der Waals surface area (Å²) in [5.41, 5.74) is 0.939. The summed E-state index contributed by atoms with van der Waals surface area (Å²) in [5, 5.41) is 2.89. The molecule has 5 heteroatoms. The highest BCUT2D eigenvalue weighted by atomic mass is 16.6. The van der Waals surface area contributed by atoms with Gasteiger partial charge in [-0.1, -0.05) is 24.3 Å². The van der Waals surface area contributed by atoms with Crippen molar-refractivity contribution in [2.45, 2.75) is 12.5 Å². The molecule has 3 rings (SSSR count). The van der Waals surface area contributed by atoms with Crippen LogP contribution >= 0.6 is 0 Å². The van der Waals surface area contributed by atoms with Gasteiger partial charge in [-0.25, -0.2) is 0 Å². The summed E-state index contributed by atoms with van der Waals surface area (Å²) in [6.07, 6.45) is 0.151. The number of ether oxygens (including phenoxy) is 3. The maximum atomic E-state index is 12.0. The van der Waals surface area contributed by atoms with Gasteiger partial charge < -0.3 is 19.5 Å². The minimum absolute atomic E-state index is 0.0439. The lowest BCUT2D eigenvalue weighted by Gasteiger charge is -2.26. The lowest BCUT2D eigenvalue weighted by Crippen LogP contribution is -2.41. The number of rotatable bonds is 5. The molecule has 0 fully saturated rings. The molecule has 23 heavy (non-hydrogen) atoms. The monoisotopic (exact) mass is 313 g/mol. The molecular weight excluding hydrogens is 294 g/mol. The Bertz CT molecular complexity index is 669. The van der Waals surface area contributed by atoms with Crippen molar-refractivity contribution < 1.29 is 19.0 Å². The van der Waals surface area contributed by atoms with E-state index >= 15 is 0 Å². The van der Waals surface area contributed by atoms with E-state index in [0.717, 1.165) is 17.1 Å². The van der Waals surface area contributed by atoms with E-state index in [1.54, 1.807) is 7.11 Å². The lowest BCUT2D eigenvalue weighted by atomic mass is 10.1. The zero-order valence-electron chi connectivity index (χ0n) is 13.0. The molecule has 1 amide bonds. The Kier molecular flexibility index (Phi) is 4.66. The van der Waals surface area contributed by atoms with Crippen molar-refractivity contribution in [3.63, 3.8) is 0 Å². The molecule has 1 aliphatic heterocycles. The van der Waals surface area contributed by atoms with Crippen molar-refractivity contribution >= 4 is 5.91 Å². The first-order chi connectivity index (χ1) is 11.2. The number of fused-ring (bicyclic) bond motifs is 1. The molecule has 1 aliphatic rings. The Morgan fingerprint density at radius 3 is 2.65 bits per heavy atom. The van der Waals surface area contributed by atoms with E-state index in [9.17, 15) is 4.79 Å². The van der Waals surface area contributed by atoms with Crippen LogP contribution in [-0.2, 0) is 11.2 Å². The molecule has 2 aromatic carbocycles. The van der Waals surface area contributed by atoms with Gasteiger partial charge in [-0.05, 0) is 29.8 Å². The van der Waals surface area contributed by atoms with Crippen molar-refractivity contribution in [2.75, 3.05) is 20.3 Å². The Balaban J connectivity index is 1.47. The topological polar surface area (TPSA) is 56.8 Å². The second kappa shape index (κ2) is 7.05. The van der Waals surface area contributed by atoms with Gasteiger partial charge in [-0.15, -0.1) is 0 Å². The van der Waals surface area contributed by atoms with E-state index in [-0.39, 0.29) is 12.0 Å². The molecule has 2 aromatic rings. The van der Waals surface area contributed by atoms with Crippen molar-refractivity contribution in [3.05, 3.63) is 54.1 Å². The number of carbonyl (C=O) groups is 1. The van der Waals surface area contributed by atoms with E-state index in [1.165, 1.54) is 0 Å². The van der Waals surface area contributed by atoms with Crippen LogP contribution in [0.1, 0.15) is 5.56 Å². The van der Waals surface area contributed by atoms with Crippen LogP contribution in [0.5, 0.6) is 17.2 Å². The Labute approximate surface area is 135 Å². The molecule has 1 heterocycles. The Morgan fingerprint density at radius 2 is 1.91 bits per heavy atom. The maximum Gasteiger partial charge on any atom is 0.224 e. The zero-order valence-corrected chi connectivity index (χ0v) is 13.0. The highest BCUT2D eigenvalue weighted by Crippen LogP contribution is 2.30. The second-order valence-corrected chi connectivity index (χ2v) is 5.33. The molecule has 0 aliphatic carbocycles. The Hall–Kier alpha value is -2.69. The average molecular weight is 313 g/mol. The van der Waals surface area contributed by atoms with Gasteiger partial charge in [-0.3, -0.25) is 4.79 Å². The first-order valence-electron chi connectivity index (χ1n) is 7.52. The number of para-hydroxylation sites is 2. The molecule has 0 bridgehead atoms. The van der Waals surface area contributed by atoms with Gasteiger partial charge in [0.2, 0.25) is 5.91 Å². The summed E-state index contributed by atoms with van der Waals surface area (Å²) in [7, 11) is 1.62. The van der Waals surface area contributed by atoms with Gasteiger partial charge >= 0.3 is 0 Å². The number of nitrogens with one attached hydrogen (secondary N) is 1. The molecule has 0 unspecified atom stereocenters. The number of hydrogen-bond donors (Lipinski definition) is 1. The highest BCUT2D eigenvalue weighted by Gasteiger charge is 2.20. The van der Waals surface area contributed by atoms with Gasteiger partial charge in [0.15, 0.2) is 11.5 Å². The van der Waals surface area contributed by atoms with E-state index in [1.807, 2.05) is 48.5 Å². The van der Waals surface area contributed by atoms with Crippen molar-refractivity contribution in [1.29, 1.82) is 0 Å². The number of amides is 1. The maximum absolute atomic E-state index is 12.0. The number of methoxy groups -OCH3 is 1. The van der Waals surface area contributed by atoms with Crippen LogP contribution in [0.3, 0.4) is 0 Å². The van der Waals surface area contributed by atoms with E-state index < -0.39 is 0 Å². The fourth-order valence-corrected chi connectivity index (χ4v) is 2.38. The fourth-order valence-electron chi connectivity index (χ4n) is 2.38. The number of carbonyl (C=O) groups excluding carboxylic acids is 1. The lowest BCUT2D eigenvalue weighted by molar-refractivity contribution is -0.120. The quantitative estimate of drug-likeness (QED) is 0.919. The van der Waals surface area contributed by atoms with Gasteiger partial charge in [0.05, 0.1) is 20.1 Å². The largest absolute Gasteiger partial charge is 0.497 e. The molecule has 5 nitrogen and oxygen atoms in total. The molecule has 1 atom stereocenters. The molecule has 0 saturated carbocycles. The predicted molar refractivity (Wildman–Crippen MR) is 86.1 cm³/mol. The predicted octanol–water partition coefficient (Wildman–Crippen LogP) is 2.19. The summed E-state index contributed by atoms with van der Waals surface area (Å²) < 4.78 is 16.5. The van der Waals surface area contributed by atoms with E-state index in [2.05, 4.69) is 5.32 Å². The Morgan fingerprint density at radius 1 is 1.17 bits per heavy atom. The highest BCUT2D eigenvalue weighted by molar-refractivity contribution is 5.78.